The second-order valence-electron chi connectivity index (χ2n) is 10.4. The van der Waals surface area contributed by atoms with Gasteiger partial charge in [-0.1, -0.05) is 37.6 Å². The highest BCUT2D eigenvalue weighted by atomic mass is 35.5. The van der Waals surface area contributed by atoms with E-state index in [0.717, 1.165) is 26.2 Å². The fraction of sp³-hybridized carbons (Fsp3) is 0.464. The van der Waals surface area contributed by atoms with Crippen LogP contribution in [0.2, 0.25) is 5.02 Å². The first-order chi connectivity index (χ1) is 17.8. The zero-order valence-corrected chi connectivity index (χ0v) is 22.0. The number of carbonyl (C=O) groups excluding carboxylic acids is 1. The van der Waals surface area contributed by atoms with Gasteiger partial charge in [-0.3, -0.25) is 9.69 Å². The third-order valence-corrected chi connectivity index (χ3v) is 7.52. The molecule has 2 atom stereocenters. The first-order valence-electron chi connectivity index (χ1n) is 12.9. The van der Waals surface area contributed by atoms with Crippen LogP contribution in [0.1, 0.15) is 44.5 Å². The Morgan fingerprint density at radius 2 is 1.78 bits per heavy atom. The Kier molecular flexibility index (Phi) is 7.60. The fourth-order valence-electron chi connectivity index (χ4n) is 5.42. The van der Waals surface area contributed by atoms with Gasteiger partial charge in [0.2, 0.25) is 0 Å². The molecule has 0 aliphatic carbocycles. The van der Waals surface area contributed by atoms with Crippen molar-refractivity contribution in [3.05, 3.63) is 75.2 Å². The molecule has 0 spiro atoms. The van der Waals surface area contributed by atoms with Gasteiger partial charge in [0.05, 0.1) is 36.0 Å². The molecular weight excluding hydrogens is 495 g/mol. The topological polar surface area (TPSA) is 69.4 Å². The van der Waals surface area contributed by atoms with Gasteiger partial charge in [-0.15, -0.1) is 5.10 Å². The molecule has 3 heterocycles. The summed E-state index contributed by atoms with van der Waals surface area (Å²) in [7, 11) is 0. The minimum absolute atomic E-state index is 0.00458. The molecule has 37 heavy (non-hydrogen) atoms. The molecular formula is C28H32ClFN4O3. The number of ether oxygens (including phenoxy) is 1. The lowest BCUT2D eigenvalue weighted by Crippen LogP contribution is -2.46. The Hall–Kier alpha value is -2.81. The summed E-state index contributed by atoms with van der Waals surface area (Å²) >= 11 is 6.00. The number of aromatic nitrogens is 3. The zero-order valence-electron chi connectivity index (χ0n) is 21.2. The van der Waals surface area contributed by atoms with Crippen molar-refractivity contribution >= 4 is 17.4 Å². The Labute approximate surface area is 220 Å². The van der Waals surface area contributed by atoms with Crippen LogP contribution in [0.5, 0.6) is 0 Å². The maximum atomic E-state index is 13.8. The molecule has 2 fully saturated rings. The van der Waals surface area contributed by atoms with Gasteiger partial charge in [0.15, 0.2) is 0 Å². The van der Waals surface area contributed by atoms with Gasteiger partial charge in [0.1, 0.15) is 17.4 Å². The quantitative estimate of drug-likeness (QED) is 0.414. The Morgan fingerprint density at radius 1 is 1.11 bits per heavy atom. The summed E-state index contributed by atoms with van der Waals surface area (Å²) in [5.74, 6) is -0.113. The van der Waals surface area contributed by atoms with E-state index in [1.54, 1.807) is 0 Å². The number of fused-ring (bicyclic) bond motifs is 2. The molecule has 3 aromatic rings. The second-order valence-corrected chi connectivity index (χ2v) is 10.8. The summed E-state index contributed by atoms with van der Waals surface area (Å²) in [5, 5.41) is 4.42. The van der Waals surface area contributed by atoms with Crippen molar-refractivity contribution < 1.29 is 13.9 Å². The molecule has 2 aliphatic heterocycles. The highest BCUT2D eigenvalue weighted by molar-refractivity contribution is 6.30. The maximum Gasteiger partial charge on any atom is 0.355 e. The maximum absolute atomic E-state index is 13.8. The monoisotopic (exact) mass is 526 g/mol. The molecule has 0 amide bonds. The fourth-order valence-corrected chi connectivity index (χ4v) is 5.59. The van der Waals surface area contributed by atoms with E-state index >= 15 is 0 Å². The van der Waals surface area contributed by atoms with E-state index < -0.39 is 11.5 Å². The number of hydrogen-bond donors (Lipinski definition) is 0. The predicted molar refractivity (Wildman–Crippen MR) is 140 cm³/mol. The third-order valence-electron chi connectivity index (χ3n) is 7.23. The molecule has 2 aromatic carbocycles. The lowest BCUT2D eigenvalue weighted by molar-refractivity contribution is -0.119. The van der Waals surface area contributed by atoms with Gasteiger partial charge >= 0.3 is 5.69 Å². The molecule has 0 N–H and O–H groups in total. The molecule has 2 aliphatic rings. The zero-order chi connectivity index (χ0) is 26.1. The van der Waals surface area contributed by atoms with Crippen molar-refractivity contribution in [2.24, 2.45) is 5.92 Å². The summed E-state index contributed by atoms with van der Waals surface area (Å²) in [4.78, 5) is 28.7. The number of ketones is 1. The summed E-state index contributed by atoms with van der Waals surface area (Å²) in [5.41, 5.74) is 1.71. The number of nitrogens with zero attached hydrogens (tertiary/aromatic N) is 4. The molecule has 5 rings (SSSR count). The van der Waals surface area contributed by atoms with Crippen LogP contribution < -0.4 is 5.69 Å². The van der Waals surface area contributed by atoms with Gasteiger partial charge < -0.3 is 4.74 Å². The van der Waals surface area contributed by atoms with Crippen molar-refractivity contribution in [1.82, 2.24) is 19.2 Å². The number of carbonyl (C=O) groups is 1. The van der Waals surface area contributed by atoms with E-state index in [0.29, 0.717) is 35.7 Å². The highest BCUT2D eigenvalue weighted by Gasteiger charge is 2.36. The van der Waals surface area contributed by atoms with E-state index in [2.05, 4.69) is 10.00 Å². The highest BCUT2D eigenvalue weighted by Crippen LogP contribution is 2.28. The standard InChI is InChI=1S/C28H32ClFN4O3/c1-18(2)13-24(35)15-27-31-34(28(36)33(27)21-9-10-26(30)25(29)14-21)20-5-3-19(4-6-20)11-12-32-22-7-8-23(32)17-37-16-22/h3-6,9-10,14,18,22-23H,7-8,11-13,15-17H2,1-2H3. The minimum atomic E-state index is -0.580. The lowest BCUT2D eigenvalue weighted by Gasteiger charge is -2.34. The summed E-state index contributed by atoms with van der Waals surface area (Å²) in [6.45, 7) is 6.56. The first kappa shape index (κ1) is 25.8. The number of benzene rings is 2. The number of hydrogen-bond acceptors (Lipinski definition) is 5. The SMILES string of the molecule is CC(C)CC(=O)Cc1nn(-c2ccc(CCN3C4CCC3COC4)cc2)c(=O)n1-c1ccc(F)c(Cl)c1. The van der Waals surface area contributed by atoms with Crippen LogP contribution in [-0.2, 0) is 22.4 Å². The first-order valence-corrected chi connectivity index (χ1v) is 13.3. The van der Waals surface area contributed by atoms with E-state index in [1.165, 1.54) is 45.9 Å². The van der Waals surface area contributed by atoms with E-state index in [4.69, 9.17) is 16.3 Å². The lowest BCUT2D eigenvalue weighted by atomic mass is 10.1. The van der Waals surface area contributed by atoms with Gasteiger partial charge in [-0.25, -0.2) is 13.8 Å². The normalized spacial score (nSPS) is 19.6. The number of halogens is 2. The van der Waals surface area contributed by atoms with Crippen LogP contribution in [0.15, 0.2) is 47.3 Å². The Bertz CT molecular complexity index is 1320. The van der Waals surface area contributed by atoms with Crippen molar-refractivity contribution in [1.29, 1.82) is 0 Å². The van der Waals surface area contributed by atoms with E-state index in [9.17, 15) is 14.0 Å². The van der Waals surface area contributed by atoms with Crippen molar-refractivity contribution in [2.75, 3.05) is 19.8 Å². The van der Waals surface area contributed by atoms with Gasteiger partial charge in [0, 0.05) is 25.0 Å². The largest absolute Gasteiger partial charge is 0.378 e. The van der Waals surface area contributed by atoms with Crippen LogP contribution in [0.25, 0.3) is 11.4 Å². The Morgan fingerprint density at radius 3 is 2.43 bits per heavy atom. The van der Waals surface area contributed by atoms with Gasteiger partial charge in [-0.2, -0.15) is 4.68 Å². The average molecular weight is 527 g/mol. The molecule has 0 radical (unpaired) electrons. The van der Waals surface area contributed by atoms with Gasteiger partial charge in [-0.05, 0) is 61.1 Å². The van der Waals surface area contributed by atoms with Gasteiger partial charge in [0.25, 0.3) is 0 Å². The number of Topliss-reactive ketones (excluding diaryl/α,β-unsaturated/α-hetero) is 1. The summed E-state index contributed by atoms with van der Waals surface area (Å²) < 4.78 is 22.1. The van der Waals surface area contributed by atoms with Crippen LogP contribution in [0, 0.1) is 11.7 Å². The molecule has 2 unspecified atom stereocenters. The second kappa shape index (κ2) is 10.9. The third kappa shape index (κ3) is 5.56. The summed E-state index contributed by atoms with van der Waals surface area (Å²) in [6.07, 6.45) is 3.70. The van der Waals surface area contributed by atoms with Crippen LogP contribution in [-0.4, -0.2) is 56.9 Å². The van der Waals surface area contributed by atoms with Crippen LogP contribution >= 0.6 is 11.6 Å². The number of morpholine rings is 1. The van der Waals surface area contributed by atoms with Crippen LogP contribution in [0.3, 0.4) is 0 Å². The van der Waals surface area contributed by atoms with Crippen molar-refractivity contribution in [2.45, 2.75) is 58.0 Å². The molecule has 2 bridgehead atoms. The van der Waals surface area contributed by atoms with Crippen molar-refractivity contribution in [3.8, 4) is 11.4 Å². The molecule has 196 valence electrons. The van der Waals surface area contributed by atoms with Crippen LogP contribution in [0.4, 0.5) is 4.39 Å². The molecule has 2 saturated heterocycles. The molecule has 0 saturated carbocycles. The smallest absolute Gasteiger partial charge is 0.355 e. The molecule has 9 heteroatoms. The average Bonchev–Trinajstić information content (AvgIpc) is 3.29. The van der Waals surface area contributed by atoms with E-state index in [1.807, 2.05) is 38.1 Å². The molecule has 7 nitrogen and oxygen atoms in total. The number of rotatable bonds is 9. The van der Waals surface area contributed by atoms with Crippen molar-refractivity contribution in [3.63, 3.8) is 0 Å². The van der Waals surface area contributed by atoms with E-state index in [-0.39, 0.29) is 23.1 Å². The summed E-state index contributed by atoms with van der Waals surface area (Å²) in [6, 6.07) is 12.9. The Balaban J connectivity index is 1.40. The predicted octanol–water partition coefficient (Wildman–Crippen LogP) is 4.38. The molecule has 1 aromatic heterocycles. The minimum Gasteiger partial charge on any atom is -0.378 e.